The van der Waals surface area contributed by atoms with Crippen LogP contribution >= 0.6 is 0 Å². The molecule has 3 rings (SSSR count). The van der Waals surface area contributed by atoms with E-state index in [-0.39, 0.29) is 4.90 Å². The molecule has 7 heteroatoms. The highest BCUT2D eigenvalue weighted by atomic mass is 32.2. The Hall–Kier alpha value is -2.74. The molecule has 2 N–H and O–H groups in total. The number of hydrogen-bond acceptors (Lipinski definition) is 5. The smallest absolute Gasteiger partial charge is 0.241 e. The first kappa shape index (κ1) is 20.0. The van der Waals surface area contributed by atoms with Crippen LogP contribution in [-0.2, 0) is 10.0 Å². The van der Waals surface area contributed by atoms with Crippen LogP contribution in [-0.4, -0.2) is 40.1 Å². The van der Waals surface area contributed by atoms with Gasteiger partial charge in [0.25, 0.3) is 0 Å². The summed E-state index contributed by atoms with van der Waals surface area (Å²) < 4.78 is 32.9. The average Bonchev–Trinajstić information content (AvgIpc) is 2.73. The van der Waals surface area contributed by atoms with Crippen LogP contribution in [0.3, 0.4) is 0 Å². The van der Waals surface area contributed by atoms with Gasteiger partial charge in [0.05, 0.1) is 12.0 Å². The zero-order chi connectivity index (χ0) is 19.8. The molecule has 0 radical (unpaired) electrons. The Morgan fingerprint density at radius 1 is 1.07 bits per heavy atom. The summed E-state index contributed by atoms with van der Waals surface area (Å²) in [4.78, 5) is 4.30. The van der Waals surface area contributed by atoms with Gasteiger partial charge >= 0.3 is 0 Å². The molecule has 0 spiro atoms. The zero-order valence-corrected chi connectivity index (χ0v) is 16.4. The minimum atomic E-state index is -3.58. The Morgan fingerprint density at radius 3 is 2.68 bits per heavy atom. The predicted molar refractivity (Wildman–Crippen MR) is 112 cm³/mol. The molecule has 0 unspecified atom stereocenters. The number of nitrogens with one attached hydrogen (secondary N) is 2. The number of benzene rings is 2. The normalized spacial score (nSPS) is 11.9. The molecule has 28 heavy (non-hydrogen) atoms. The molecule has 0 aliphatic carbocycles. The van der Waals surface area contributed by atoms with Crippen molar-refractivity contribution in [1.82, 2.24) is 15.0 Å². The summed E-state index contributed by atoms with van der Waals surface area (Å²) in [5.74, 6) is 0.824. The van der Waals surface area contributed by atoms with Crippen LogP contribution in [0.15, 0.2) is 71.9 Å². The summed E-state index contributed by atoms with van der Waals surface area (Å²) >= 11 is 0. The molecule has 0 fully saturated rings. The quantitative estimate of drug-likeness (QED) is 0.543. The van der Waals surface area contributed by atoms with E-state index in [0.29, 0.717) is 25.0 Å². The highest BCUT2D eigenvalue weighted by molar-refractivity contribution is 7.89. The fourth-order valence-corrected chi connectivity index (χ4v) is 4.03. The summed E-state index contributed by atoms with van der Waals surface area (Å²) in [6, 6.07) is 14.7. The molecule has 0 saturated heterocycles. The van der Waals surface area contributed by atoms with Gasteiger partial charge in [0.2, 0.25) is 10.0 Å². The second kappa shape index (κ2) is 9.45. The third-order valence-corrected chi connectivity index (χ3v) is 5.73. The van der Waals surface area contributed by atoms with Crippen molar-refractivity contribution in [3.05, 3.63) is 72.6 Å². The number of hydrogen-bond donors (Lipinski definition) is 2. The van der Waals surface area contributed by atoms with E-state index >= 15 is 0 Å². The van der Waals surface area contributed by atoms with Crippen LogP contribution < -0.4 is 14.8 Å². The summed E-state index contributed by atoms with van der Waals surface area (Å²) in [6.07, 6.45) is 7.25. The van der Waals surface area contributed by atoms with Gasteiger partial charge in [0, 0.05) is 42.8 Å². The molecule has 0 aliphatic rings. The number of nitrogens with zero attached hydrogens (tertiary/aromatic N) is 1. The summed E-state index contributed by atoms with van der Waals surface area (Å²) in [6.45, 7) is 1.48. The third kappa shape index (κ3) is 5.16. The van der Waals surface area contributed by atoms with Gasteiger partial charge in [-0.05, 0) is 29.8 Å². The number of rotatable bonds is 9. The van der Waals surface area contributed by atoms with E-state index in [1.165, 1.54) is 0 Å². The van der Waals surface area contributed by atoms with E-state index in [2.05, 4.69) is 15.0 Å². The van der Waals surface area contributed by atoms with Crippen molar-refractivity contribution in [2.45, 2.75) is 4.90 Å². The van der Waals surface area contributed by atoms with Crippen molar-refractivity contribution in [2.24, 2.45) is 0 Å². The monoisotopic (exact) mass is 397 g/mol. The Bertz CT molecular complexity index is 1040. The van der Waals surface area contributed by atoms with E-state index in [1.807, 2.05) is 42.5 Å². The first-order chi connectivity index (χ1) is 13.6. The van der Waals surface area contributed by atoms with Crippen molar-refractivity contribution in [3.8, 4) is 5.75 Å². The number of methoxy groups -OCH3 is 1. The van der Waals surface area contributed by atoms with Gasteiger partial charge in [0.1, 0.15) is 5.75 Å². The second-order valence-corrected chi connectivity index (χ2v) is 7.87. The first-order valence-corrected chi connectivity index (χ1v) is 10.4. The minimum absolute atomic E-state index is 0.270. The predicted octanol–water partition coefficient (Wildman–Crippen LogP) is 2.82. The highest BCUT2D eigenvalue weighted by Crippen LogP contribution is 2.21. The van der Waals surface area contributed by atoms with Crippen LogP contribution in [0.1, 0.15) is 5.56 Å². The van der Waals surface area contributed by atoms with E-state index in [0.717, 1.165) is 16.7 Å². The maximum Gasteiger partial charge on any atom is 0.241 e. The first-order valence-electron chi connectivity index (χ1n) is 8.94. The van der Waals surface area contributed by atoms with Gasteiger partial charge in [-0.25, -0.2) is 13.1 Å². The standard InChI is InChI=1S/C21H23N3O3S/c1-27-19-9-7-17(8-10-19)4-3-12-22-14-15-24-28(25,26)21-6-2-5-18-16-23-13-11-20(18)21/h2-11,13,16,22,24H,12,14-15H2,1H3. The lowest BCUT2D eigenvalue weighted by Crippen LogP contribution is -2.32. The number of aromatic nitrogens is 1. The van der Waals surface area contributed by atoms with Crippen molar-refractivity contribution in [1.29, 1.82) is 0 Å². The highest BCUT2D eigenvalue weighted by Gasteiger charge is 2.16. The topological polar surface area (TPSA) is 80.3 Å². The summed E-state index contributed by atoms with van der Waals surface area (Å²) in [5.41, 5.74) is 1.08. The van der Waals surface area contributed by atoms with E-state index in [4.69, 9.17) is 4.74 Å². The Balaban J connectivity index is 1.47. The lowest BCUT2D eigenvalue weighted by molar-refractivity contribution is 0.415. The molecule has 1 aromatic heterocycles. The third-order valence-electron chi connectivity index (χ3n) is 4.21. The molecular weight excluding hydrogens is 374 g/mol. The van der Waals surface area contributed by atoms with Gasteiger partial charge in [-0.2, -0.15) is 0 Å². The molecule has 0 amide bonds. The molecule has 1 heterocycles. The van der Waals surface area contributed by atoms with Gasteiger partial charge in [-0.1, -0.05) is 36.4 Å². The Labute approximate surface area is 165 Å². The molecule has 0 saturated carbocycles. The number of fused-ring (bicyclic) bond motifs is 1. The Kier molecular flexibility index (Phi) is 6.76. The molecule has 3 aromatic rings. The Morgan fingerprint density at radius 2 is 1.89 bits per heavy atom. The zero-order valence-electron chi connectivity index (χ0n) is 15.6. The molecule has 0 aliphatic heterocycles. The average molecular weight is 398 g/mol. The van der Waals surface area contributed by atoms with E-state index in [1.54, 1.807) is 37.7 Å². The largest absolute Gasteiger partial charge is 0.497 e. The SMILES string of the molecule is COc1ccc(C=CCNCCNS(=O)(=O)c2cccc3cnccc23)cc1. The molecule has 146 valence electrons. The van der Waals surface area contributed by atoms with Gasteiger partial charge in [-0.15, -0.1) is 0 Å². The van der Waals surface area contributed by atoms with Crippen LogP contribution in [0.5, 0.6) is 5.75 Å². The van der Waals surface area contributed by atoms with Crippen molar-refractivity contribution in [2.75, 3.05) is 26.7 Å². The molecule has 6 nitrogen and oxygen atoms in total. The summed E-state index contributed by atoms with van der Waals surface area (Å²) in [5, 5.41) is 4.66. The van der Waals surface area contributed by atoms with Crippen LogP contribution in [0.2, 0.25) is 0 Å². The lowest BCUT2D eigenvalue weighted by Gasteiger charge is -2.09. The maximum absolute atomic E-state index is 12.6. The van der Waals surface area contributed by atoms with Crippen molar-refractivity contribution >= 4 is 26.9 Å². The fraction of sp³-hybridized carbons (Fsp3) is 0.190. The number of sulfonamides is 1. The number of pyridine rings is 1. The van der Waals surface area contributed by atoms with Gasteiger partial charge in [-0.3, -0.25) is 4.98 Å². The molecular formula is C21H23N3O3S. The maximum atomic E-state index is 12.6. The second-order valence-electron chi connectivity index (χ2n) is 6.13. The van der Waals surface area contributed by atoms with Gasteiger partial charge in [0.15, 0.2) is 0 Å². The van der Waals surface area contributed by atoms with E-state index < -0.39 is 10.0 Å². The van der Waals surface area contributed by atoms with Crippen LogP contribution in [0.4, 0.5) is 0 Å². The minimum Gasteiger partial charge on any atom is -0.497 e. The summed E-state index contributed by atoms with van der Waals surface area (Å²) in [7, 11) is -1.94. The van der Waals surface area contributed by atoms with E-state index in [9.17, 15) is 8.42 Å². The van der Waals surface area contributed by atoms with Crippen LogP contribution in [0, 0.1) is 0 Å². The number of ether oxygens (including phenoxy) is 1. The molecule has 0 bridgehead atoms. The molecule has 2 aromatic carbocycles. The fourth-order valence-electron chi connectivity index (χ4n) is 2.77. The van der Waals surface area contributed by atoms with Crippen molar-refractivity contribution in [3.63, 3.8) is 0 Å². The molecule has 0 atom stereocenters. The van der Waals surface area contributed by atoms with Crippen molar-refractivity contribution < 1.29 is 13.2 Å². The lowest BCUT2D eigenvalue weighted by atomic mass is 10.2. The van der Waals surface area contributed by atoms with Crippen LogP contribution in [0.25, 0.3) is 16.8 Å². The van der Waals surface area contributed by atoms with Gasteiger partial charge < -0.3 is 10.1 Å².